The third-order valence-corrected chi connectivity index (χ3v) is 4.30. The monoisotopic (exact) mass is 298 g/mol. The summed E-state index contributed by atoms with van der Waals surface area (Å²) < 4.78 is 5.81. The molecule has 0 unspecified atom stereocenters. The zero-order valence-corrected chi connectivity index (χ0v) is 12.9. The Morgan fingerprint density at radius 2 is 2.09 bits per heavy atom. The lowest BCUT2D eigenvalue weighted by Gasteiger charge is -2.31. The van der Waals surface area contributed by atoms with Crippen molar-refractivity contribution in [3.05, 3.63) is 39.8 Å². The Kier molecular flexibility index (Phi) is 4.99. The van der Waals surface area contributed by atoms with Crippen molar-refractivity contribution >= 4 is 11.6 Å². The van der Waals surface area contributed by atoms with Crippen molar-refractivity contribution < 1.29 is 4.74 Å². The van der Waals surface area contributed by atoms with Gasteiger partial charge in [-0.3, -0.25) is 4.90 Å². The molecule has 1 aromatic rings. The molecule has 1 fully saturated rings. The van der Waals surface area contributed by atoms with Crippen molar-refractivity contribution in [2.45, 2.75) is 25.7 Å². The van der Waals surface area contributed by atoms with Gasteiger partial charge < -0.3 is 4.74 Å². The Bertz CT molecular complexity index is 599. The summed E-state index contributed by atoms with van der Waals surface area (Å²) in [6.07, 6.45) is 7.04. The molecule has 1 aliphatic carbocycles. The Morgan fingerprint density at radius 1 is 1.23 bits per heavy atom. The SMILES string of the molecule is [N-]=[N+]=NCCCOc1cccc2c1C=C2CN1CCCCC1. The highest BCUT2D eigenvalue weighted by Gasteiger charge is 2.22. The number of piperidine rings is 1. The molecule has 0 N–H and O–H groups in total. The molecular formula is C17H22N4O. The summed E-state index contributed by atoms with van der Waals surface area (Å²) in [7, 11) is 0. The normalized spacial score (nSPS) is 17.0. The first-order chi connectivity index (χ1) is 10.9. The number of nitrogens with zero attached hydrogens (tertiary/aromatic N) is 4. The van der Waals surface area contributed by atoms with Crippen LogP contribution in [0.25, 0.3) is 22.1 Å². The van der Waals surface area contributed by atoms with E-state index in [1.54, 1.807) is 0 Å². The standard InChI is InChI=1S/C17H22N4O/c18-20-19-8-5-11-22-17-7-4-6-15-14(12-16(15)17)13-21-9-2-1-3-10-21/h4,6-7,12H,1-3,5,8-11,13H2. The van der Waals surface area contributed by atoms with E-state index in [9.17, 15) is 0 Å². The molecule has 5 nitrogen and oxygen atoms in total. The molecule has 0 spiro atoms. The number of azide groups is 1. The first kappa shape index (κ1) is 14.9. The molecule has 116 valence electrons. The number of benzene rings is 1. The van der Waals surface area contributed by atoms with E-state index in [0.29, 0.717) is 13.2 Å². The van der Waals surface area contributed by atoms with Crippen molar-refractivity contribution in [3.8, 4) is 5.75 Å². The van der Waals surface area contributed by atoms with Crippen molar-refractivity contribution in [2.75, 3.05) is 32.8 Å². The minimum atomic E-state index is 0.488. The Balaban J connectivity index is 1.55. The molecule has 0 saturated carbocycles. The summed E-state index contributed by atoms with van der Waals surface area (Å²) in [6.45, 7) is 4.59. The highest BCUT2D eigenvalue weighted by atomic mass is 16.5. The fourth-order valence-corrected chi connectivity index (χ4v) is 3.12. The van der Waals surface area contributed by atoms with Crippen molar-refractivity contribution in [1.29, 1.82) is 0 Å². The van der Waals surface area contributed by atoms with E-state index in [4.69, 9.17) is 10.3 Å². The molecule has 1 saturated heterocycles. The van der Waals surface area contributed by atoms with E-state index in [1.807, 2.05) is 6.07 Å². The molecule has 1 aromatic carbocycles. The molecule has 0 aromatic heterocycles. The summed E-state index contributed by atoms with van der Waals surface area (Å²) in [5.74, 6) is 0.945. The van der Waals surface area contributed by atoms with Gasteiger partial charge in [-0.1, -0.05) is 23.7 Å². The quantitative estimate of drug-likeness (QED) is 0.329. The predicted octanol–water partition coefficient (Wildman–Crippen LogP) is 4.11. The topological polar surface area (TPSA) is 61.2 Å². The van der Waals surface area contributed by atoms with Crippen molar-refractivity contribution in [2.24, 2.45) is 5.11 Å². The van der Waals surface area contributed by atoms with Gasteiger partial charge in [0.1, 0.15) is 5.75 Å². The predicted molar refractivity (Wildman–Crippen MR) is 88.7 cm³/mol. The van der Waals surface area contributed by atoms with Crippen LogP contribution < -0.4 is 4.74 Å². The van der Waals surface area contributed by atoms with Crippen LogP contribution in [0.1, 0.15) is 36.8 Å². The largest absolute Gasteiger partial charge is 0.493 e. The average molecular weight is 298 g/mol. The Labute approximate surface area is 131 Å². The van der Waals surface area contributed by atoms with E-state index in [2.05, 4.69) is 33.1 Å². The van der Waals surface area contributed by atoms with Gasteiger partial charge in [-0.15, -0.1) is 0 Å². The van der Waals surface area contributed by atoms with E-state index in [1.165, 1.54) is 49.1 Å². The number of fused-ring (bicyclic) bond motifs is 1. The molecule has 0 radical (unpaired) electrons. The third kappa shape index (κ3) is 3.43. The number of ether oxygens (including phenoxy) is 1. The zero-order chi connectivity index (χ0) is 15.2. The van der Waals surface area contributed by atoms with Crippen LogP contribution in [0.4, 0.5) is 0 Å². The van der Waals surface area contributed by atoms with Crippen LogP contribution in [-0.2, 0) is 0 Å². The van der Waals surface area contributed by atoms with E-state index < -0.39 is 0 Å². The van der Waals surface area contributed by atoms with Gasteiger partial charge in [0.25, 0.3) is 0 Å². The summed E-state index contributed by atoms with van der Waals surface area (Å²) in [5.41, 5.74) is 12.2. The second kappa shape index (κ2) is 7.34. The molecular weight excluding hydrogens is 276 g/mol. The summed E-state index contributed by atoms with van der Waals surface area (Å²) in [5, 5.41) is 3.52. The molecule has 3 rings (SSSR count). The first-order valence-electron chi connectivity index (χ1n) is 8.08. The van der Waals surface area contributed by atoms with Crippen LogP contribution >= 0.6 is 0 Å². The van der Waals surface area contributed by atoms with Gasteiger partial charge in [-0.25, -0.2) is 0 Å². The van der Waals surface area contributed by atoms with Gasteiger partial charge >= 0.3 is 0 Å². The molecule has 0 atom stereocenters. The van der Waals surface area contributed by atoms with Gasteiger partial charge in [0, 0.05) is 23.6 Å². The molecule has 22 heavy (non-hydrogen) atoms. The highest BCUT2D eigenvalue weighted by Crippen LogP contribution is 2.39. The zero-order valence-electron chi connectivity index (χ0n) is 12.9. The van der Waals surface area contributed by atoms with Crippen LogP contribution in [0.15, 0.2) is 23.3 Å². The van der Waals surface area contributed by atoms with Crippen LogP contribution in [0.2, 0.25) is 0 Å². The summed E-state index contributed by atoms with van der Waals surface area (Å²) in [6, 6.07) is 6.26. The van der Waals surface area contributed by atoms with Gasteiger partial charge in [-0.2, -0.15) is 0 Å². The second-order valence-corrected chi connectivity index (χ2v) is 5.88. The number of likely N-dealkylation sites (tertiary alicyclic amines) is 1. The average Bonchev–Trinajstić information content (AvgIpc) is 2.54. The molecule has 2 aliphatic rings. The molecule has 0 amide bonds. The van der Waals surface area contributed by atoms with Gasteiger partial charge in [-0.05, 0) is 61.2 Å². The lowest BCUT2D eigenvalue weighted by Crippen LogP contribution is -2.32. The number of hydrogen-bond donors (Lipinski definition) is 0. The summed E-state index contributed by atoms with van der Waals surface area (Å²) >= 11 is 0. The van der Waals surface area contributed by atoms with Crippen LogP contribution in [0.5, 0.6) is 5.75 Å². The van der Waals surface area contributed by atoms with Gasteiger partial charge in [0.2, 0.25) is 0 Å². The van der Waals surface area contributed by atoms with Gasteiger partial charge in [0.05, 0.1) is 6.61 Å². The van der Waals surface area contributed by atoms with Crippen LogP contribution in [0.3, 0.4) is 0 Å². The minimum Gasteiger partial charge on any atom is -0.493 e. The van der Waals surface area contributed by atoms with Crippen LogP contribution in [-0.4, -0.2) is 37.7 Å². The first-order valence-corrected chi connectivity index (χ1v) is 8.08. The lowest BCUT2D eigenvalue weighted by atomic mass is 9.87. The fraction of sp³-hybridized carbons (Fsp3) is 0.529. The maximum atomic E-state index is 8.24. The van der Waals surface area contributed by atoms with E-state index in [-0.39, 0.29) is 0 Å². The van der Waals surface area contributed by atoms with Gasteiger partial charge in [0.15, 0.2) is 0 Å². The highest BCUT2D eigenvalue weighted by molar-refractivity contribution is 5.98. The maximum Gasteiger partial charge on any atom is 0.127 e. The summed E-state index contributed by atoms with van der Waals surface area (Å²) in [4.78, 5) is 5.29. The van der Waals surface area contributed by atoms with Crippen molar-refractivity contribution in [1.82, 2.24) is 4.90 Å². The minimum absolute atomic E-state index is 0.488. The smallest absolute Gasteiger partial charge is 0.127 e. The van der Waals surface area contributed by atoms with Crippen LogP contribution in [0, 0.1) is 0 Å². The third-order valence-electron chi connectivity index (χ3n) is 4.30. The molecule has 0 bridgehead atoms. The van der Waals surface area contributed by atoms with Crippen molar-refractivity contribution in [3.63, 3.8) is 0 Å². The maximum absolute atomic E-state index is 8.24. The number of hydrogen-bond acceptors (Lipinski definition) is 3. The van der Waals surface area contributed by atoms with E-state index in [0.717, 1.165) is 18.7 Å². The molecule has 5 heteroatoms. The Morgan fingerprint density at radius 3 is 2.91 bits per heavy atom. The Hall–Kier alpha value is -1.97. The lowest BCUT2D eigenvalue weighted by molar-refractivity contribution is 0.255. The fourth-order valence-electron chi connectivity index (χ4n) is 3.12. The molecule has 1 heterocycles. The molecule has 1 aliphatic heterocycles. The van der Waals surface area contributed by atoms with E-state index >= 15 is 0 Å². The number of rotatable bonds is 7. The second-order valence-electron chi connectivity index (χ2n) is 5.88.